The predicted molar refractivity (Wildman–Crippen MR) is 112 cm³/mol. The molecule has 0 saturated carbocycles. The van der Waals surface area contributed by atoms with Crippen LogP contribution in [-0.2, 0) is 16.0 Å². The van der Waals surface area contributed by atoms with Gasteiger partial charge in [0, 0.05) is 38.6 Å². The van der Waals surface area contributed by atoms with Gasteiger partial charge in [-0.15, -0.1) is 12.4 Å². The Labute approximate surface area is 169 Å². The third kappa shape index (κ3) is 6.82. The highest BCUT2D eigenvalue weighted by Gasteiger charge is 2.32. The number of carbonyl (C=O) groups excluding carboxylic acids is 2. The molecule has 1 aromatic carbocycles. The number of halogens is 1. The Morgan fingerprint density at radius 3 is 2.59 bits per heavy atom. The Morgan fingerprint density at radius 1 is 1.26 bits per heavy atom. The van der Waals surface area contributed by atoms with Crippen LogP contribution in [0.1, 0.15) is 38.7 Å². The Bertz CT molecular complexity index is 582. The highest BCUT2D eigenvalue weighted by Crippen LogP contribution is 2.21. The van der Waals surface area contributed by atoms with Crippen molar-refractivity contribution in [1.82, 2.24) is 9.80 Å². The molecule has 1 heterocycles. The van der Waals surface area contributed by atoms with E-state index >= 15 is 0 Å². The van der Waals surface area contributed by atoms with Gasteiger partial charge in [-0.2, -0.15) is 0 Å². The largest absolute Gasteiger partial charge is 0.342 e. The molecule has 6 heteroatoms. The van der Waals surface area contributed by atoms with Gasteiger partial charge in [0.1, 0.15) is 0 Å². The second-order valence-corrected chi connectivity index (χ2v) is 7.28. The van der Waals surface area contributed by atoms with Crippen molar-refractivity contribution < 1.29 is 9.59 Å². The van der Waals surface area contributed by atoms with Gasteiger partial charge in [-0.3, -0.25) is 9.59 Å². The molecular formula is C21H34ClN3O2. The summed E-state index contributed by atoms with van der Waals surface area (Å²) >= 11 is 0. The van der Waals surface area contributed by atoms with Crippen molar-refractivity contribution in [3.8, 4) is 0 Å². The molecule has 2 rings (SSSR count). The maximum atomic E-state index is 13.0. The number of hydrogen-bond donors (Lipinski definition) is 1. The molecule has 0 spiro atoms. The smallest absolute Gasteiger partial charge is 0.227 e. The second-order valence-electron chi connectivity index (χ2n) is 7.28. The third-order valence-electron chi connectivity index (χ3n) is 5.34. The number of amides is 2. The number of nitrogens with two attached hydrogens (primary N) is 1. The number of hydrogen-bond acceptors (Lipinski definition) is 3. The van der Waals surface area contributed by atoms with Crippen molar-refractivity contribution >= 4 is 24.2 Å². The average molecular weight is 396 g/mol. The molecule has 0 bridgehead atoms. The van der Waals surface area contributed by atoms with Crippen LogP contribution in [0.5, 0.6) is 0 Å². The van der Waals surface area contributed by atoms with E-state index in [4.69, 9.17) is 5.73 Å². The van der Waals surface area contributed by atoms with Crippen LogP contribution in [0.3, 0.4) is 0 Å². The number of benzene rings is 1. The molecule has 1 aliphatic heterocycles. The van der Waals surface area contributed by atoms with Gasteiger partial charge in [-0.25, -0.2) is 0 Å². The van der Waals surface area contributed by atoms with E-state index in [1.807, 2.05) is 41.8 Å². The fourth-order valence-electron chi connectivity index (χ4n) is 3.52. The third-order valence-corrected chi connectivity index (χ3v) is 5.34. The lowest BCUT2D eigenvalue weighted by Crippen LogP contribution is -2.49. The topological polar surface area (TPSA) is 66.6 Å². The molecule has 0 aromatic heterocycles. The van der Waals surface area contributed by atoms with Crippen LogP contribution in [0.4, 0.5) is 0 Å². The minimum absolute atomic E-state index is 0. The van der Waals surface area contributed by atoms with Crippen molar-refractivity contribution in [2.24, 2.45) is 17.6 Å². The van der Waals surface area contributed by atoms with Gasteiger partial charge < -0.3 is 15.5 Å². The number of carbonyl (C=O) groups is 2. The highest BCUT2D eigenvalue weighted by atomic mass is 35.5. The number of likely N-dealkylation sites (tertiary alicyclic amines) is 1. The molecule has 2 atom stereocenters. The van der Waals surface area contributed by atoms with E-state index in [0.717, 1.165) is 32.2 Å². The lowest BCUT2D eigenvalue weighted by molar-refractivity contribution is -0.142. The van der Waals surface area contributed by atoms with E-state index in [1.54, 1.807) is 0 Å². The van der Waals surface area contributed by atoms with E-state index in [9.17, 15) is 9.59 Å². The zero-order chi connectivity index (χ0) is 18.9. The van der Waals surface area contributed by atoms with E-state index in [0.29, 0.717) is 26.2 Å². The molecule has 152 valence electrons. The summed E-state index contributed by atoms with van der Waals surface area (Å²) in [6, 6.07) is 10.2. The number of piperidine rings is 1. The van der Waals surface area contributed by atoms with E-state index in [1.165, 1.54) is 5.56 Å². The first-order valence-corrected chi connectivity index (χ1v) is 9.88. The van der Waals surface area contributed by atoms with Crippen LogP contribution in [0, 0.1) is 11.8 Å². The summed E-state index contributed by atoms with van der Waals surface area (Å²) in [5.41, 5.74) is 6.96. The predicted octanol–water partition coefficient (Wildman–Crippen LogP) is 2.72. The van der Waals surface area contributed by atoms with Gasteiger partial charge in [0.2, 0.25) is 11.8 Å². The maximum Gasteiger partial charge on any atom is 0.227 e. The first-order valence-electron chi connectivity index (χ1n) is 9.88. The van der Waals surface area contributed by atoms with Crippen LogP contribution in [0.25, 0.3) is 0 Å². The molecular weight excluding hydrogens is 362 g/mol. The minimum Gasteiger partial charge on any atom is -0.342 e. The van der Waals surface area contributed by atoms with E-state index in [2.05, 4.69) is 12.1 Å². The Hall–Kier alpha value is -1.59. The standard InChI is InChI=1S/C21H33N3O2.ClH/c1-3-17(2)20(25)24-13-7-10-19(16-24)21(26)23(15-12-22)14-11-18-8-5-4-6-9-18;/h4-6,8-9,17,19H,3,7,10-16,22H2,1-2H3;1H. The summed E-state index contributed by atoms with van der Waals surface area (Å²) in [6.45, 7) is 7.03. The maximum absolute atomic E-state index is 13.0. The van der Waals surface area contributed by atoms with Gasteiger partial charge in [-0.05, 0) is 31.2 Å². The summed E-state index contributed by atoms with van der Waals surface area (Å²) in [4.78, 5) is 29.3. The van der Waals surface area contributed by atoms with Gasteiger partial charge in [0.25, 0.3) is 0 Å². The molecule has 1 saturated heterocycles. The minimum atomic E-state index is -0.0981. The van der Waals surface area contributed by atoms with Gasteiger partial charge >= 0.3 is 0 Å². The molecule has 2 amide bonds. The molecule has 5 nitrogen and oxygen atoms in total. The van der Waals surface area contributed by atoms with Crippen molar-refractivity contribution in [2.45, 2.75) is 39.5 Å². The summed E-state index contributed by atoms with van der Waals surface area (Å²) in [7, 11) is 0. The van der Waals surface area contributed by atoms with Crippen molar-refractivity contribution in [2.75, 3.05) is 32.7 Å². The summed E-state index contributed by atoms with van der Waals surface area (Å²) in [5.74, 6) is 0.258. The van der Waals surface area contributed by atoms with Crippen LogP contribution in [0.2, 0.25) is 0 Å². The molecule has 1 fully saturated rings. The molecule has 2 N–H and O–H groups in total. The van der Waals surface area contributed by atoms with E-state index < -0.39 is 0 Å². The average Bonchev–Trinajstić information content (AvgIpc) is 2.70. The number of rotatable bonds is 8. The summed E-state index contributed by atoms with van der Waals surface area (Å²) in [5, 5.41) is 0. The molecule has 2 unspecified atom stereocenters. The Balaban J connectivity index is 0.00000364. The molecule has 0 radical (unpaired) electrons. The molecule has 0 aliphatic carbocycles. The van der Waals surface area contributed by atoms with Crippen LogP contribution in [0.15, 0.2) is 30.3 Å². The normalized spacial score (nSPS) is 17.7. The zero-order valence-corrected chi connectivity index (χ0v) is 17.4. The number of nitrogens with zero attached hydrogens (tertiary/aromatic N) is 2. The lowest BCUT2D eigenvalue weighted by atomic mass is 9.94. The van der Waals surface area contributed by atoms with Gasteiger partial charge in [-0.1, -0.05) is 44.2 Å². The van der Waals surface area contributed by atoms with Crippen LogP contribution in [-0.4, -0.2) is 54.3 Å². The van der Waals surface area contributed by atoms with Crippen LogP contribution >= 0.6 is 12.4 Å². The first kappa shape index (κ1) is 23.4. The first-order chi connectivity index (χ1) is 12.6. The van der Waals surface area contributed by atoms with Crippen molar-refractivity contribution in [3.63, 3.8) is 0 Å². The zero-order valence-electron chi connectivity index (χ0n) is 16.6. The van der Waals surface area contributed by atoms with Crippen molar-refractivity contribution in [3.05, 3.63) is 35.9 Å². The fraction of sp³-hybridized carbons (Fsp3) is 0.619. The Morgan fingerprint density at radius 2 is 1.96 bits per heavy atom. The van der Waals surface area contributed by atoms with E-state index in [-0.39, 0.29) is 36.1 Å². The molecule has 27 heavy (non-hydrogen) atoms. The quantitative estimate of drug-likeness (QED) is 0.735. The molecule has 1 aliphatic rings. The fourth-order valence-corrected chi connectivity index (χ4v) is 3.52. The van der Waals surface area contributed by atoms with Crippen LogP contribution < -0.4 is 5.73 Å². The molecule has 1 aromatic rings. The highest BCUT2D eigenvalue weighted by molar-refractivity contribution is 5.85. The monoisotopic (exact) mass is 395 g/mol. The summed E-state index contributed by atoms with van der Waals surface area (Å²) in [6.07, 6.45) is 3.42. The van der Waals surface area contributed by atoms with Gasteiger partial charge in [0.05, 0.1) is 5.92 Å². The SMILES string of the molecule is CCC(C)C(=O)N1CCCC(C(=O)N(CCN)CCc2ccccc2)C1.Cl. The van der Waals surface area contributed by atoms with Gasteiger partial charge in [0.15, 0.2) is 0 Å². The Kier molecular flexibility index (Phi) is 10.4. The lowest BCUT2D eigenvalue weighted by Gasteiger charge is -2.36. The van der Waals surface area contributed by atoms with Crippen molar-refractivity contribution in [1.29, 1.82) is 0 Å². The summed E-state index contributed by atoms with van der Waals surface area (Å²) < 4.78 is 0. The second kappa shape index (κ2) is 12.0.